The Balaban J connectivity index is 1.44. The minimum Gasteiger partial charge on any atom is -0.497 e. The Kier molecular flexibility index (Phi) is 4.13. The van der Waals surface area contributed by atoms with Crippen LogP contribution in [-0.4, -0.2) is 29.1 Å². The molecule has 0 fully saturated rings. The van der Waals surface area contributed by atoms with Crippen molar-refractivity contribution in [2.75, 3.05) is 13.7 Å². The molecule has 5 nitrogen and oxygen atoms in total. The van der Waals surface area contributed by atoms with Gasteiger partial charge in [-0.1, -0.05) is 0 Å². The summed E-state index contributed by atoms with van der Waals surface area (Å²) in [5.74, 6) is 0.784. The number of carbonyl (C=O) groups is 1. The van der Waals surface area contributed by atoms with E-state index in [0.717, 1.165) is 39.5 Å². The van der Waals surface area contributed by atoms with Gasteiger partial charge in [-0.3, -0.25) is 4.79 Å². The zero-order chi connectivity index (χ0) is 18.1. The van der Waals surface area contributed by atoms with E-state index in [1.807, 2.05) is 66.5 Å². The summed E-state index contributed by atoms with van der Waals surface area (Å²) in [7, 11) is 3.66. The van der Waals surface area contributed by atoms with Gasteiger partial charge in [-0.2, -0.15) is 0 Å². The van der Waals surface area contributed by atoms with E-state index in [0.29, 0.717) is 12.1 Å². The van der Waals surface area contributed by atoms with Gasteiger partial charge in [-0.15, -0.1) is 0 Å². The molecule has 132 valence electrons. The number of aryl methyl sites for hydroxylation is 1. The van der Waals surface area contributed by atoms with Crippen LogP contribution in [0.1, 0.15) is 15.9 Å². The van der Waals surface area contributed by atoms with Crippen LogP contribution >= 0.6 is 0 Å². The molecule has 5 heteroatoms. The summed E-state index contributed by atoms with van der Waals surface area (Å²) in [6.07, 6.45) is 4.75. The normalized spacial score (nSPS) is 11.2. The molecule has 0 saturated heterocycles. The van der Waals surface area contributed by atoms with Gasteiger partial charge in [-0.05, 0) is 54.4 Å². The van der Waals surface area contributed by atoms with Gasteiger partial charge in [0.2, 0.25) is 0 Å². The molecule has 2 aromatic carbocycles. The summed E-state index contributed by atoms with van der Waals surface area (Å²) < 4.78 is 7.34. The molecular weight excluding hydrogens is 326 g/mol. The molecule has 4 aromatic rings. The van der Waals surface area contributed by atoms with Gasteiger partial charge in [-0.25, -0.2) is 0 Å². The number of benzene rings is 2. The highest BCUT2D eigenvalue weighted by atomic mass is 16.5. The number of ether oxygens (including phenoxy) is 1. The standard InChI is InChI=1S/C21H21N3O2/c1-24-10-8-14-11-15(3-6-20(14)24)21(25)22-9-7-16-13-23-19-5-4-17(26-2)12-18(16)19/h3-6,8,10-13,23H,7,9H2,1-2H3,(H,22,25). The van der Waals surface area contributed by atoms with Crippen molar-refractivity contribution in [3.05, 3.63) is 66.0 Å². The van der Waals surface area contributed by atoms with Crippen molar-refractivity contribution in [1.29, 1.82) is 0 Å². The quantitative estimate of drug-likeness (QED) is 0.579. The van der Waals surface area contributed by atoms with Crippen molar-refractivity contribution in [2.45, 2.75) is 6.42 Å². The molecule has 0 aliphatic rings. The summed E-state index contributed by atoms with van der Waals surface area (Å²) >= 11 is 0. The number of hydrogen-bond donors (Lipinski definition) is 2. The Morgan fingerprint density at radius 2 is 2.08 bits per heavy atom. The summed E-state index contributed by atoms with van der Waals surface area (Å²) in [6.45, 7) is 0.579. The summed E-state index contributed by atoms with van der Waals surface area (Å²) in [5.41, 5.74) is 4.04. The highest BCUT2D eigenvalue weighted by molar-refractivity contribution is 5.98. The average molecular weight is 347 g/mol. The zero-order valence-corrected chi connectivity index (χ0v) is 14.9. The van der Waals surface area contributed by atoms with E-state index in [9.17, 15) is 4.79 Å². The number of aromatic nitrogens is 2. The van der Waals surface area contributed by atoms with Crippen molar-refractivity contribution < 1.29 is 9.53 Å². The molecule has 0 aliphatic carbocycles. The number of carbonyl (C=O) groups excluding carboxylic acids is 1. The first-order valence-corrected chi connectivity index (χ1v) is 8.63. The predicted molar refractivity (Wildman–Crippen MR) is 104 cm³/mol. The number of nitrogens with one attached hydrogen (secondary N) is 2. The van der Waals surface area contributed by atoms with E-state index in [-0.39, 0.29) is 5.91 Å². The molecule has 0 saturated carbocycles. The maximum absolute atomic E-state index is 12.4. The molecule has 0 bridgehead atoms. The highest BCUT2D eigenvalue weighted by Crippen LogP contribution is 2.23. The maximum atomic E-state index is 12.4. The molecular formula is C21H21N3O2. The largest absolute Gasteiger partial charge is 0.497 e. The SMILES string of the molecule is COc1ccc2[nH]cc(CCNC(=O)c3ccc4c(ccn4C)c3)c2c1. The number of fused-ring (bicyclic) bond motifs is 2. The van der Waals surface area contributed by atoms with Crippen LogP contribution in [0.3, 0.4) is 0 Å². The topological polar surface area (TPSA) is 59.0 Å². The Morgan fingerprint density at radius 3 is 2.92 bits per heavy atom. The third-order valence-electron chi connectivity index (χ3n) is 4.80. The van der Waals surface area contributed by atoms with E-state index in [1.165, 1.54) is 0 Å². The van der Waals surface area contributed by atoms with Crippen LogP contribution in [0.25, 0.3) is 21.8 Å². The smallest absolute Gasteiger partial charge is 0.251 e. The minimum atomic E-state index is -0.0480. The molecule has 0 spiro atoms. The number of methoxy groups -OCH3 is 1. The van der Waals surface area contributed by atoms with Crippen LogP contribution < -0.4 is 10.1 Å². The second-order valence-corrected chi connectivity index (χ2v) is 6.43. The highest BCUT2D eigenvalue weighted by Gasteiger charge is 2.09. The van der Waals surface area contributed by atoms with E-state index in [2.05, 4.69) is 10.3 Å². The molecule has 0 radical (unpaired) electrons. The monoisotopic (exact) mass is 347 g/mol. The molecule has 26 heavy (non-hydrogen) atoms. The number of H-pyrrole nitrogens is 1. The minimum absolute atomic E-state index is 0.0480. The number of rotatable bonds is 5. The second kappa shape index (κ2) is 6.59. The fourth-order valence-corrected chi connectivity index (χ4v) is 3.33. The fourth-order valence-electron chi connectivity index (χ4n) is 3.33. The first-order valence-electron chi connectivity index (χ1n) is 8.63. The average Bonchev–Trinajstić information content (AvgIpc) is 3.24. The third-order valence-corrected chi connectivity index (χ3v) is 4.80. The Bertz CT molecular complexity index is 1090. The Labute approximate surface area is 151 Å². The van der Waals surface area contributed by atoms with E-state index in [4.69, 9.17) is 4.74 Å². The second-order valence-electron chi connectivity index (χ2n) is 6.43. The van der Waals surface area contributed by atoms with Crippen LogP contribution in [0.2, 0.25) is 0 Å². The number of aromatic amines is 1. The molecule has 0 aliphatic heterocycles. The zero-order valence-electron chi connectivity index (χ0n) is 14.9. The van der Waals surface area contributed by atoms with Crippen molar-refractivity contribution in [1.82, 2.24) is 14.9 Å². The van der Waals surface area contributed by atoms with Gasteiger partial charge in [0.1, 0.15) is 5.75 Å². The van der Waals surface area contributed by atoms with Gasteiger partial charge in [0.15, 0.2) is 0 Å². The van der Waals surface area contributed by atoms with Crippen molar-refractivity contribution in [2.24, 2.45) is 7.05 Å². The van der Waals surface area contributed by atoms with Crippen LogP contribution in [0.4, 0.5) is 0 Å². The van der Waals surface area contributed by atoms with Gasteiger partial charge in [0, 0.05) is 53.4 Å². The van der Waals surface area contributed by atoms with Crippen LogP contribution in [-0.2, 0) is 13.5 Å². The Morgan fingerprint density at radius 1 is 1.19 bits per heavy atom. The van der Waals surface area contributed by atoms with Gasteiger partial charge in [0.05, 0.1) is 7.11 Å². The molecule has 1 amide bonds. The maximum Gasteiger partial charge on any atom is 0.251 e. The van der Waals surface area contributed by atoms with Crippen molar-refractivity contribution >= 4 is 27.7 Å². The molecule has 0 unspecified atom stereocenters. The first kappa shape index (κ1) is 16.3. The van der Waals surface area contributed by atoms with Gasteiger partial charge in [0.25, 0.3) is 5.91 Å². The van der Waals surface area contributed by atoms with Crippen molar-refractivity contribution in [3.63, 3.8) is 0 Å². The van der Waals surface area contributed by atoms with Crippen LogP contribution in [0, 0.1) is 0 Å². The molecule has 0 atom stereocenters. The van der Waals surface area contributed by atoms with Crippen molar-refractivity contribution in [3.8, 4) is 5.75 Å². The third kappa shape index (κ3) is 2.92. The lowest BCUT2D eigenvalue weighted by Crippen LogP contribution is -2.25. The lowest BCUT2D eigenvalue weighted by molar-refractivity contribution is 0.0954. The summed E-state index contributed by atoms with van der Waals surface area (Å²) in [6, 6.07) is 13.8. The fraction of sp³-hybridized carbons (Fsp3) is 0.190. The van der Waals surface area contributed by atoms with E-state index >= 15 is 0 Å². The van der Waals surface area contributed by atoms with E-state index < -0.39 is 0 Å². The van der Waals surface area contributed by atoms with Crippen LogP contribution in [0.15, 0.2) is 54.9 Å². The molecule has 2 aromatic heterocycles. The summed E-state index contributed by atoms with van der Waals surface area (Å²) in [4.78, 5) is 15.7. The molecule has 2 N–H and O–H groups in total. The predicted octanol–water partition coefficient (Wildman–Crippen LogP) is 3.64. The molecule has 4 rings (SSSR count). The van der Waals surface area contributed by atoms with Crippen LogP contribution in [0.5, 0.6) is 5.75 Å². The first-order chi connectivity index (χ1) is 12.7. The lowest BCUT2D eigenvalue weighted by atomic mass is 10.1. The van der Waals surface area contributed by atoms with Gasteiger partial charge < -0.3 is 19.6 Å². The van der Waals surface area contributed by atoms with E-state index in [1.54, 1.807) is 7.11 Å². The summed E-state index contributed by atoms with van der Waals surface area (Å²) in [5, 5.41) is 5.21. The number of nitrogens with zero attached hydrogens (tertiary/aromatic N) is 1. The number of amides is 1. The lowest BCUT2D eigenvalue weighted by Gasteiger charge is -2.06. The Hall–Kier alpha value is -3.21. The molecule has 2 heterocycles. The number of hydrogen-bond acceptors (Lipinski definition) is 2. The van der Waals surface area contributed by atoms with Gasteiger partial charge >= 0.3 is 0 Å².